The molecule has 0 amide bonds. The van der Waals surface area contributed by atoms with Gasteiger partial charge in [0.05, 0.1) is 18.5 Å². The number of nitrogens with two attached hydrogens (primary N) is 1. The van der Waals surface area contributed by atoms with Crippen LogP contribution in [0.25, 0.3) is 0 Å². The van der Waals surface area contributed by atoms with Crippen molar-refractivity contribution in [2.24, 2.45) is 0 Å². The zero-order chi connectivity index (χ0) is 13.1. The van der Waals surface area contributed by atoms with Crippen LogP contribution in [0.3, 0.4) is 0 Å². The second kappa shape index (κ2) is 5.38. The maximum atomic E-state index is 5.96. The van der Waals surface area contributed by atoms with Gasteiger partial charge in [-0.1, -0.05) is 29.3 Å². The van der Waals surface area contributed by atoms with E-state index in [0.717, 1.165) is 11.4 Å². The van der Waals surface area contributed by atoms with Crippen LogP contribution in [0.4, 0.5) is 17.1 Å². The number of hydrogen-bond donors (Lipinski definition) is 2. The summed E-state index contributed by atoms with van der Waals surface area (Å²) in [4.78, 5) is 0. The fraction of sp³-hybridized carbons (Fsp3) is 0.0769. The molecule has 0 saturated heterocycles. The number of methoxy groups -OCH3 is 1. The van der Waals surface area contributed by atoms with Crippen molar-refractivity contribution in [3.63, 3.8) is 0 Å². The van der Waals surface area contributed by atoms with Crippen molar-refractivity contribution in [1.29, 1.82) is 0 Å². The lowest BCUT2D eigenvalue weighted by molar-refractivity contribution is 0.417. The first-order chi connectivity index (χ1) is 8.60. The van der Waals surface area contributed by atoms with Gasteiger partial charge in [-0.05, 0) is 30.3 Å². The van der Waals surface area contributed by atoms with Crippen molar-refractivity contribution >= 4 is 40.3 Å². The lowest BCUT2D eigenvalue weighted by Crippen LogP contribution is -1.99. The summed E-state index contributed by atoms with van der Waals surface area (Å²) in [6.45, 7) is 0. The number of hydrogen-bond acceptors (Lipinski definition) is 3. The van der Waals surface area contributed by atoms with E-state index in [9.17, 15) is 0 Å². The molecule has 0 aliphatic rings. The molecule has 94 valence electrons. The van der Waals surface area contributed by atoms with Crippen LogP contribution in [0.5, 0.6) is 5.75 Å². The first-order valence-electron chi connectivity index (χ1n) is 5.26. The third-order valence-corrected chi connectivity index (χ3v) is 2.86. The van der Waals surface area contributed by atoms with Crippen LogP contribution in [-0.4, -0.2) is 7.11 Å². The van der Waals surface area contributed by atoms with Crippen molar-refractivity contribution in [3.05, 3.63) is 46.4 Å². The molecule has 0 unspecified atom stereocenters. The van der Waals surface area contributed by atoms with E-state index >= 15 is 0 Å². The van der Waals surface area contributed by atoms with Gasteiger partial charge in [0.1, 0.15) is 5.75 Å². The van der Waals surface area contributed by atoms with Crippen LogP contribution in [0.15, 0.2) is 36.4 Å². The van der Waals surface area contributed by atoms with Crippen LogP contribution in [0, 0.1) is 0 Å². The molecular formula is C13H12Cl2N2O. The average molecular weight is 283 g/mol. The highest BCUT2D eigenvalue weighted by atomic mass is 35.5. The van der Waals surface area contributed by atoms with Gasteiger partial charge in [-0.15, -0.1) is 0 Å². The molecule has 0 saturated carbocycles. The fourth-order valence-electron chi connectivity index (χ4n) is 1.61. The minimum Gasteiger partial charge on any atom is -0.495 e. The molecule has 2 aromatic carbocycles. The molecule has 0 radical (unpaired) electrons. The second-order valence-corrected chi connectivity index (χ2v) is 4.58. The van der Waals surface area contributed by atoms with Crippen LogP contribution in [0.1, 0.15) is 0 Å². The third kappa shape index (κ3) is 2.81. The number of benzene rings is 2. The standard InChI is InChI=1S/C13H12Cl2N2O/c1-18-12-4-2-3-11(13(12)16)17-10-6-8(14)5-9(15)7-10/h2-7,17H,16H2,1H3. The van der Waals surface area contributed by atoms with E-state index in [4.69, 9.17) is 33.7 Å². The van der Waals surface area contributed by atoms with Crippen molar-refractivity contribution in [2.45, 2.75) is 0 Å². The highest BCUT2D eigenvalue weighted by Gasteiger charge is 2.06. The van der Waals surface area contributed by atoms with Gasteiger partial charge in [-0.25, -0.2) is 0 Å². The number of anilines is 3. The molecule has 2 rings (SSSR count). The predicted octanol–water partition coefficient (Wildman–Crippen LogP) is 4.33. The number of nitrogen functional groups attached to an aromatic ring is 1. The van der Waals surface area contributed by atoms with Gasteiger partial charge < -0.3 is 15.8 Å². The molecule has 3 N–H and O–H groups in total. The smallest absolute Gasteiger partial charge is 0.143 e. The summed E-state index contributed by atoms with van der Waals surface area (Å²) in [7, 11) is 1.58. The van der Waals surface area contributed by atoms with E-state index in [1.54, 1.807) is 31.4 Å². The molecule has 0 bridgehead atoms. The van der Waals surface area contributed by atoms with Crippen LogP contribution < -0.4 is 15.8 Å². The SMILES string of the molecule is COc1cccc(Nc2cc(Cl)cc(Cl)c2)c1N. The van der Waals surface area contributed by atoms with Crippen LogP contribution >= 0.6 is 23.2 Å². The molecule has 0 aliphatic heterocycles. The van der Waals surface area contributed by atoms with Gasteiger partial charge in [-0.2, -0.15) is 0 Å². The average Bonchev–Trinajstić information content (AvgIpc) is 2.30. The number of para-hydroxylation sites is 1. The number of nitrogens with one attached hydrogen (secondary N) is 1. The van der Waals surface area contributed by atoms with E-state index in [-0.39, 0.29) is 0 Å². The summed E-state index contributed by atoms with van der Waals surface area (Å²) in [6.07, 6.45) is 0. The lowest BCUT2D eigenvalue weighted by Gasteiger charge is -2.12. The molecule has 3 nitrogen and oxygen atoms in total. The number of rotatable bonds is 3. The maximum Gasteiger partial charge on any atom is 0.143 e. The first-order valence-corrected chi connectivity index (χ1v) is 6.01. The summed E-state index contributed by atoms with van der Waals surface area (Å²) in [5, 5.41) is 4.28. The van der Waals surface area contributed by atoms with E-state index in [0.29, 0.717) is 21.5 Å². The Kier molecular flexibility index (Phi) is 3.84. The van der Waals surface area contributed by atoms with Gasteiger partial charge >= 0.3 is 0 Å². The Morgan fingerprint density at radius 3 is 2.39 bits per heavy atom. The highest BCUT2D eigenvalue weighted by molar-refractivity contribution is 6.35. The second-order valence-electron chi connectivity index (χ2n) is 3.70. The van der Waals surface area contributed by atoms with E-state index < -0.39 is 0 Å². The molecule has 0 fully saturated rings. The zero-order valence-electron chi connectivity index (χ0n) is 9.71. The summed E-state index contributed by atoms with van der Waals surface area (Å²) >= 11 is 11.9. The van der Waals surface area contributed by atoms with Crippen molar-refractivity contribution < 1.29 is 4.74 Å². The van der Waals surface area contributed by atoms with Gasteiger partial charge in [0.15, 0.2) is 0 Å². The Morgan fingerprint density at radius 1 is 1.11 bits per heavy atom. The quantitative estimate of drug-likeness (QED) is 0.824. The fourth-order valence-corrected chi connectivity index (χ4v) is 2.14. The third-order valence-electron chi connectivity index (χ3n) is 2.43. The molecule has 2 aromatic rings. The molecule has 0 aromatic heterocycles. The van der Waals surface area contributed by atoms with Crippen molar-refractivity contribution in [3.8, 4) is 5.75 Å². The lowest BCUT2D eigenvalue weighted by atomic mass is 10.2. The maximum absolute atomic E-state index is 5.96. The summed E-state index contributed by atoms with van der Waals surface area (Å²) in [6, 6.07) is 10.7. The van der Waals surface area contributed by atoms with E-state index in [1.807, 2.05) is 12.1 Å². The molecule has 0 heterocycles. The minimum absolute atomic E-state index is 0.538. The van der Waals surface area contributed by atoms with Crippen molar-refractivity contribution in [1.82, 2.24) is 0 Å². The summed E-state index contributed by atoms with van der Waals surface area (Å²) in [5.74, 6) is 0.619. The number of halogens is 2. The molecule has 18 heavy (non-hydrogen) atoms. The van der Waals surface area contributed by atoms with Gasteiger partial charge in [0.2, 0.25) is 0 Å². The molecular weight excluding hydrogens is 271 g/mol. The highest BCUT2D eigenvalue weighted by Crippen LogP contribution is 2.32. The normalized spacial score (nSPS) is 10.2. The molecule has 0 spiro atoms. The Morgan fingerprint density at radius 2 is 1.78 bits per heavy atom. The van der Waals surface area contributed by atoms with Crippen LogP contribution in [-0.2, 0) is 0 Å². The summed E-state index contributed by atoms with van der Waals surface area (Å²) in [5.41, 5.74) is 8.02. The van der Waals surface area contributed by atoms with E-state index in [1.165, 1.54) is 0 Å². The van der Waals surface area contributed by atoms with Gasteiger partial charge in [-0.3, -0.25) is 0 Å². The van der Waals surface area contributed by atoms with Crippen molar-refractivity contribution in [2.75, 3.05) is 18.2 Å². The number of ether oxygens (including phenoxy) is 1. The monoisotopic (exact) mass is 282 g/mol. The Bertz CT molecular complexity index is 553. The minimum atomic E-state index is 0.538. The van der Waals surface area contributed by atoms with Gasteiger partial charge in [0.25, 0.3) is 0 Å². The molecule has 0 atom stereocenters. The predicted molar refractivity (Wildman–Crippen MR) is 77.2 cm³/mol. The Hall–Kier alpha value is -1.58. The van der Waals surface area contributed by atoms with Crippen LogP contribution in [0.2, 0.25) is 10.0 Å². The van der Waals surface area contributed by atoms with E-state index in [2.05, 4.69) is 5.32 Å². The zero-order valence-corrected chi connectivity index (χ0v) is 11.2. The Labute approximate surface area is 115 Å². The topological polar surface area (TPSA) is 47.3 Å². The Balaban J connectivity index is 2.34. The molecule has 5 heteroatoms. The first kappa shape index (κ1) is 12.9. The molecule has 0 aliphatic carbocycles. The van der Waals surface area contributed by atoms with Gasteiger partial charge in [0, 0.05) is 15.7 Å². The summed E-state index contributed by atoms with van der Waals surface area (Å²) < 4.78 is 5.15. The largest absolute Gasteiger partial charge is 0.495 e.